The van der Waals surface area contributed by atoms with Crippen molar-refractivity contribution >= 4 is 5.91 Å². The highest BCUT2D eigenvalue weighted by Crippen LogP contribution is 2.30. The van der Waals surface area contributed by atoms with Gasteiger partial charge in [-0.15, -0.1) is 0 Å². The average Bonchev–Trinajstić information content (AvgIpc) is 3.25. The number of aromatic nitrogens is 3. The monoisotopic (exact) mass is 294 g/mol. The maximum atomic E-state index is 12.7. The molecule has 0 unspecified atom stereocenters. The Morgan fingerprint density at radius 2 is 2.14 bits per heavy atom. The summed E-state index contributed by atoms with van der Waals surface area (Å²) >= 11 is 0. The van der Waals surface area contributed by atoms with Crippen molar-refractivity contribution in [2.24, 2.45) is 0 Å². The molecule has 0 saturated heterocycles. The van der Waals surface area contributed by atoms with E-state index in [1.54, 1.807) is 11.1 Å². The summed E-state index contributed by atoms with van der Waals surface area (Å²) in [5, 5.41) is 0. The van der Waals surface area contributed by atoms with Crippen molar-refractivity contribution in [2.45, 2.75) is 19.1 Å². The lowest BCUT2D eigenvalue weighted by molar-refractivity contribution is 0.0552. The third kappa shape index (κ3) is 2.09. The molecule has 2 aromatic heterocycles. The number of rotatable bonds is 2. The van der Waals surface area contributed by atoms with Gasteiger partial charge >= 0.3 is 0 Å². The predicted molar refractivity (Wildman–Crippen MR) is 77.8 cm³/mol. The summed E-state index contributed by atoms with van der Waals surface area (Å²) in [5.74, 6) is 0.960. The third-order valence-corrected chi connectivity index (χ3v) is 3.95. The first-order valence-corrected chi connectivity index (χ1v) is 7.07. The van der Waals surface area contributed by atoms with Crippen molar-refractivity contribution in [3.63, 3.8) is 0 Å². The van der Waals surface area contributed by atoms with Gasteiger partial charge in [0.2, 0.25) is 5.76 Å². The molecule has 1 atom stereocenters. The summed E-state index contributed by atoms with van der Waals surface area (Å²) in [6, 6.07) is 9.95. The van der Waals surface area contributed by atoms with E-state index in [4.69, 9.17) is 4.42 Å². The molecule has 1 amide bonds. The Hall–Kier alpha value is -2.89. The molecule has 0 saturated carbocycles. The highest BCUT2D eigenvalue weighted by molar-refractivity contribution is 5.91. The maximum absolute atomic E-state index is 12.7. The topological polar surface area (TPSA) is 64.2 Å². The number of hydrogen-bond donors (Lipinski definition) is 0. The molecule has 6 heteroatoms. The Bertz CT molecular complexity index is 780. The minimum absolute atomic E-state index is 0.0551. The highest BCUT2D eigenvalue weighted by Gasteiger charge is 2.33. The van der Waals surface area contributed by atoms with Crippen LogP contribution in [0.4, 0.5) is 0 Å². The molecule has 0 N–H and O–H groups in total. The van der Waals surface area contributed by atoms with Crippen molar-refractivity contribution in [2.75, 3.05) is 0 Å². The summed E-state index contributed by atoms with van der Waals surface area (Å²) in [6.07, 6.45) is 6.43. The van der Waals surface area contributed by atoms with Gasteiger partial charge in [0, 0.05) is 18.9 Å². The van der Waals surface area contributed by atoms with E-state index in [0.29, 0.717) is 13.1 Å². The van der Waals surface area contributed by atoms with Crippen molar-refractivity contribution in [3.05, 3.63) is 72.5 Å². The van der Waals surface area contributed by atoms with Crippen LogP contribution < -0.4 is 0 Å². The quantitative estimate of drug-likeness (QED) is 0.727. The molecule has 0 radical (unpaired) electrons. The molecule has 1 aromatic carbocycles. The molecule has 110 valence electrons. The molecule has 3 heterocycles. The lowest BCUT2D eigenvalue weighted by Crippen LogP contribution is -2.41. The fourth-order valence-electron chi connectivity index (χ4n) is 2.84. The van der Waals surface area contributed by atoms with Crippen molar-refractivity contribution in [1.82, 2.24) is 19.4 Å². The number of fused-ring (bicyclic) bond motifs is 1. The van der Waals surface area contributed by atoms with Gasteiger partial charge in [0.05, 0.1) is 18.8 Å². The van der Waals surface area contributed by atoms with Crippen LogP contribution in [0.15, 0.2) is 59.7 Å². The van der Waals surface area contributed by atoms with Crippen molar-refractivity contribution in [1.29, 1.82) is 0 Å². The minimum atomic E-state index is -0.166. The van der Waals surface area contributed by atoms with Gasteiger partial charge in [-0.1, -0.05) is 30.3 Å². The maximum Gasteiger partial charge on any atom is 0.292 e. The van der Waals surface area contributed by atoms with E-state index in [2.05, 4.69) is 14.5 Å². The Labute approximate surface area is 127 Å². The summed E-state index contributed by atoms with van der Waals surface area (Å²) in [7, 11) is 0. The molecule has 0 aliphatic carbocycles. The zero-order valence-electron chi connectivity index (χ0n) is 11.8. The van der Waals surface area contributed by atoms with E-state index >= 15 is 0 Å². The predicted octanol–water partition coefficient (Wildman–Crippen LogP) is 2.27. The smallest absolute Gasteiger partial charge is 0.292 e. The number of benzene rings is 1. The van der Waals surface area contributed by atoms with Gasteiger partial charge in [0.15, 0.2) is 6.39 Å². The average molecular weight is 294 g/mol. The number of carbonyl (C=O) groups excluding carboxylic acids is 1. The molecule has 0 spiro atoms. The molecule has 0 bridgehead atoms. The van der Waals surface area contributed by atoms with E-state index in [9.17, 15) is 4.79 Å². The van der Waals surface area contributed by atoms with Crippen LogP contribution in [0.3, 0.4) is 0 Å². The molecular weight excluding hydrogens is 280 g/mol. The van der Waals surface area contributed by atoms with Gasteiger partial charge in [-0.3, -0.25) is 4.79 Å². The zero-order valence-corrected chi connectivity index (χ0v) is 11.8. The number of carbonyl (C=O) groups is 1. The van der Waals surface area contributed by atoms with Crippen molar-refractivity contribution < 1.29 is 9.21 Å². The van der Waals surface area contributed by atoms with Gasteiger partial charge in [-0.25, -0.2) is 9.97 Å². The van der Waals surface area contributed by atoms with E-state index in [-0.39, 0.29) is 17.7 Å². The van der Waals surface area contributed by atoms with Crippen LogP contribution in [0.5, 0.6) is 0 Å². The normalized spacial score (nSPS) is 17.3. The number of imidazole rings is 1. The van der Waals surface area contributed by atoms with E-state index in [0.717, 1.165) is 11.4 Å². The Morgan fingerprint density at radius 3 is 2.91 bits per heavy atom. The SMILES string of the molecule is O=C(c1cnco1)N1Cc2nccn2C[C@@H]1c1ccccc1. The molecule has 1 aliphatic rings. The number of oxazole rings is 1. The highest BCUT2D eigenvalue weighted by atomic mass is 16.3. The van der Waals surface area contributed by atoms with E-state index < -0.39 is 0 Å². The summed E-state index contributed by atoms with van der Waals surface area (Å²) in [4.78, 5) is 22.7. The van der Waals surface area contributed by atoms with Crippen LogP contribution in [-0.4, -0.2) is 25.3 Å². The van der Waals surface area contributed by atoms with Gasteiger partial charge in [0.1, 0.15) is 5.82 Å². The van der Waals surface area contributed by atoms with Crippen LogP contribution in [0, 0.1) is 0 Å². The Morgan fingerprint density at radius 1 is 1.27 bits per heavy atom. The number of hydrogen-bond acceptors (Lipinski definition) is 4. The summed E-state index contributed by atoms with van der Waals surface area (Å²) in [6.45, 7) is 1.13. The summed E-state index contributed by atoms with van der Waals surface area (Å²) < 4.78 is 7.26. The third-order valence-electron chi connectivity index (χ3n) is 3.95. The molecule has 22 heavy (non-hydrogen) atoms. The van der Waals surface area contributed by atoms with Gasteiger partial charge < -0.3 is 13.9 Å². The second-order valence-electron chi connectivity index (χ2n) is 5.22. The van der Waals surface area contributed by atoms with E-state index in [1.807, 2.05) is 36.5 Å². The standard InChI is InChI=1S/C16H14N4O2/c21-16(14-8-17-11-22-14)20-10-15-18-6-7-19(15)9-13(20)12-4-2-1-3-5-12/h1-8,11,13H,9-10H2/t13-/m1/s1. The molecule has 0 fully saturated rings. The largest absolute Gasteiger partial charge is 0.438 e. The van der Waals surface area contributed by atoms with Crippen LogP contribution >= 0.6 is 0 Å². The lowest BCUT2D eigenvalue weighted by atomic mass is 10.0. The van der Waals surface area contributed by atoms with Crippen LogP contribution in [0.2, 0.25) is 0 Å². The fraction of sp³-hybridized carbons (Fsp3) is 0.188. The molecule has 4 rings (SSSR count). The van der Waals surface area contributed by atoms with Crippen LogP contribution in [0.1, 0.15) is 28.0 Å². The fourth-order valence-corrected chi connectivity index (χ4v) is 2.84. The Balaban J connectivity index is 1.74. The van der Waals surface area contributed by atoms with Crippen molar-refractivity contribution in [3.8, 4) is 0 Å². The van der Waals surface area contributed by atoms with Gasteiger partial charge in [0.25, 0.3) is 5.91 Å². The zero-order chi connectivity index (χ0) is 14.9. The molecule has 1 aliphatic heterocycles. The number of amides is 1. The first kappa shape index (κ1) is 12.8. The lowest BCUT2D eigenvalue weighted by Gasteiger charge is -2.36. The molecular formula is C16H14N4O2. The first-order valence-electron chi connectivity index (χ1n) is 7.07. The number of nitrogens with zero attached hydrogens (tertiary/aromatic N) is 4. The van der Waals surface area contributed by atoms with Crippen LogP contribution in [-0.2, 0) is 13.1 Å². The Kier molecular flexibility index (Phi) is 3.00. The van der Waals surface area contributed by atoms with Gasteiger partial charge in [-0.05, 0) is 5.56 Å². The second-order valence-corrected chi connectivity index (χ2v) is 5.22. The first-order chi connectivity index (χ1) is 10.8. The minimum Gasteiger partial charge on any atom is -0.438 e. The summed E-state index contributed by atoms with van der Waals surface area (Å²) in [5.41, 5.74) is 1.09. The van der Waals surface area contributed by atoms with E-state index in [1.165, 1.54) is 12.6 Å². The molecule has 6 nitrogen and oxygen atoms in total. The second kappa shape index (κ2) is 5.14. The molecule has 3 aromatic rings. The van der Waals surface area contributed by atoms with Gasteiger partial charge in [-0.2, -0.15) is 0 Å². The van der Waals surface area contributed by atoms with Crippen LogP contribution in [0.25, 0.3) is 0 Å².